The van der Waals surface area contributed by atoms with Crippen molar-refractivity contribution in [1.82, 2.24) is 5.32 Å². The van der Waals surface area contributed by atoms with Crippen LogP contribution in [0.15, 0.2) is 24.3 Å². The summed E-state index contributed by atoms with van der Waals surface area (Å²) < 4.78 is 31.8. The molecule has 1 saturated carbocycles. The van der Waals surface area contributed by atoms with Crippen LogP contribution in [0.5, 0.6) is 5.75 Å². The molecule has 2 aliphatic rings. The molecule has 1 aliphatic heterocycles. The molecule has 2 N–H and O–H groups in total. The van der Waals surface area contributed by atoms with Crippen LogP contribution < -0.4 is 15.4 Å². The van der Waals surface area contributed by atoms with E-state index in [1.54, 1.807) is 12.1 Å². The first-order valence-electron chi connectivity index (χ1n) is 9.20. The van der Waals surface area contributed by atoms with Crippen LogP contribution in [0.1, 0.15) is 44.1 Å². The molecule has 1 aliphatic carbocycles. The van der Waals surface area contributed by atoms with Gasteiger partial charge < -0.3 is 15.4 Å². The van der Waals surface area contributed by atoms with Gasteiger partial charge in [-0.25, -0.2) is 8.78 Å². The number of alkyl halides is 2. The van der Waals surface area contributed by atoms with Gasteiger partial charge in [0.05, 0.1) is 12.8 Å². The molecule has 7 heteroatoms. The zero-order chi connectivity index (χ0) is 19.4. The lowest BCUT2D eigenvalue weighted by Crippen LogP contribution is -2.37. The number of rotatable bonds is 5. The Hall–Kier alpha value is -2.44. The zero-order valence-corrected chi connectivity index (χ0v) is 15.3. The van der Waals surface area contributed by atoms with Crippen molar-refractivity contribution < 1.29 is 23.1 Å². The summed E-state index contributed by atoms with van der Waals surface area (Å²) in [5.41, 5.74) is 1.36. The number of halogens is 2. The Balaban J connectivity index is 1.67. The van der Waals surface area contributed by atoms with E-state index in [4.69, 9.17) is 4.74 Å². The Morgan fingerprint density at radius 2 is 2.04 bits per heavy atom. The van der Waals surface area contributed by atoms with E-state index in [1.807, 2.05) is 18.2 Å². The highest BCUT2D eigenvalue weighted by atomic mass is 19.3. The van der Waals surface area contributed by atoms with Crippen molar-refractivity contribution >= 4 is 23.6 Å². The molecule has 1 atom stereocenters. The van der Waals surface area contributed by atoms with Crippen LogP contribution >= 0.6 is 0 Å². The SMILES string of the molecule is COc1ccc(/C=C/C2CCC(F)(F)CC2)cc1NC(=O)C1CCC(=O)N1. The molecule has 2 amide bonds. The molecule has 1 saturated heterocycles. The molecule has 1 aromatic rings. The predicted molar refractivity (Wildman–Crippen MR) is 98.7 cm³/mol. The number of hydrogen-bond donors (Lipinski definition) is 2. The van der Waals surface area contributed by atoms with Crippen LogP contribution in [-0.4, -0.2) is 30.9 Å². The van der Waals surface area contributed by atoms with Gasteiger partial charge in [0.1, 0.15) is 11.8 Å². The Kier molecular flexibility index (Phi) is 5.77. The van der Waals surface area contributed by atoms with Crippen molar-refractivity contribution in [2.24, 2.45) is 5.92 Å². The van der Waals surface area contributed by atoms with E-state index in [2.05, 4.69) is 10.6 Å². The third-order valence-electron chi connectivity index (χ3n) is 5.12. The van der Waals surface area contributed by atoms with Crippen molar-refractivity contribution in [3.05, 3.63) is 29.8 Å². The number of hydrogen-bond acceptors (Lipinski definition) is 3. The molecule has 1 heterocycles. The van der Waals surface area contributed by atoms with E-state index in [1.165, 1.54) is 7.11 Å². The molecule has 2 fully saturated rings. The molecule has 0 radical (unpaired) electrons. The largest absolute Gasteiger partial charge is 0.495 e. The Bertz CT molecular complexity index is 739. The fraction of sp³-hybridized carbons (Fsp3) is 0.500. The normalized spacial score (nSPS) is 22.6. The summed E-state index contributed by atoms with van der Waals surface area (Å²) in [4.78, 5) is 23.6. The standard InChI is InChI=1S/C20H24F2N2O3/c1-27-17-6-4-14(3-2-13-8-10-20(21,22)11-9-13)12-16(17)24-19(26)15-5-7-18(25)23-15/h2-4,6,12-13,15H,5,7-11H2,1H3,(H,23,25)(H,24,26)/b3-2+. The van der Waals surface area contributed by atoms with Crippen molar-refractivity contribution in [2.75, 3.05) is 12.4 Å². The number of nitrogens with one attached hydrogen (secondary N) is 2. The lowest BCUT2D eigenvalue weighted by Gasteiger charge is -2.26. The zero-order valence-electron chi connectivity index (χ0n) is 15.3. The first-order valence-corrected chi connectivity index (χ1v) is 9.20. The van der Waals surface area contributed by atoms with Gasteiger partial charge in [-0.05, 0) is 42.9 Å². The number of methoxy groups -OCH3 is 1. The average Bonchev–Trinajstić information content (AvgIpc) is 3.07. The quantitative estimate of drug-likeness (QED) is 0.820. The molecule has 146 valence electrons. The fourth-order valence-corrected chi connectivity index (χ4v) is 3.46. The summed E-state index contributed by atoms with van der Waals surface area (Å²) >= 11 is 0. The number of carbonyl (C=O) groups excluding carboxylic acids is 2. The topological polar surface area (TPSA) is 67.4 Å². The van der Waals surface area contributed by atoms with Crippen LogP contribution in [0.4, 0.5) is 14.5 Å². The van der Waals surface area contributed by atoms with Gasteiger partial charge in [-0.1, -0.05) is 18.2 Å². The van der Waals surface area contributed by atoms with Gasteiger partial charge in [0.2, 0.25) is 17.7 Å². The number of amides is 2. The van der Waals surface area contributed by atoms with Crippen LogP contribution in [-0.2, 0) is 9.59 Å². The maximum Gasteiger partial charge on any atom is 0.248 e. The lowest BCUT2D eigenvalue weighted by molar-refractivity contribution is -0.122. The highest BCUT2D eigenvalue weighted by Gasteiger charge is 2.34. The minimum absolute atomic E-state index is 0.0704. The highest BCUT2D eigenvalue weighted by Crippen LogP contribution is 2.37. The monoisotopic (exact) mass is 378 g/mol. The molecule has 3 rings (SSSR count). The summed E-state index contributed by atoms with van der Waals surface area (Å²) in [5.74, 6) is -2.29. The lowest BCUT2D eigenvalue weighted by atomic mass is 9.86. The van der Waals surface area contributed by atoms with Gasteiger partial charge in [-0.2, -0.15) is 0 Å². The number of allylic oxidation sites excluding steroid dienone is 1. The summed E-state index contributed by atoms with van der Waals surface area (Å²) in [5, 5.41) is 5.44. The van der Waals surface area contributed by atoms with Crippen LogP contribution in [0.2, 0.25) is 0 Å². The summed E-state index contributed by atoms with van der Waals surface area (Å²) in [6.45, 7) is 0. The van der Waals surface area contributed by atoms with E-state index in [9.17, 15) is 18.4 Å². The number of benzene rings is 1. The molecule has 0 aromatic heterocycles. The maximum atomic E-state index is 13.2. The number of ether oxygens (including phenoxy) is 1. The fourth-order valence-electron chi connectivity index (χ4n) is 3.46. The van der Waals surface area contributed by atoms with Crippen molar-refractivity contribution in [3.8, 4) is 5.75 Å². The molecular weight excluding hydrogens is 354 g/mol. The second-order valence-corrected chi connectivity index (χ2v) is 7.16. The minimum atomic E-state index is -2.53. The molecule has 27 heavy (non-hydrogen) atoms. The number of anilines is 1. The second kappa shape index (κ2) is 8.06. The van der Waals surface area contributed by atoms with Crippen molar-refractivity contribution in [3.63, 3.8) is 0 Å². The third-order valence-corrected chi connectivity index (χ3v) is 5.12. The van der Waals surface area contributed by atoms with E-state index in [0.29, 0.717) is 37.1 Å². The molecule has 1 unspecified atom stereocenters. The number of carbonyl (C=O) groups is 2. The van der Waals surface area contributed by atoms with Gasteiger partial charge in [0, 0.05) is 19.3 Å². The van der Waals surface area contributed by atoms with Crippen molar-refractivity contribution in [1.29, 1.82) is 0 Å². The highest BCUT2D eigenvalue weighted by molar-refractivity contribution is 6.00. The molecule has 1 aromatic carbocycles. The molecular formula is C20H24F2N2O3. The molecule has 0 spiro atoms. The molecule has 5 nitrogen and oxygen atoms in total. The summed E-state index contributed by atoms with van der Waals surface area (Å²) in [6, 6.07) is 4.84. The van der Waals surface area contributed by atoms with Gasteiger partial charge in [-0.15, -0.1) is 0 Å². The first kappa shape index (κ1) is 19.3. The van der Waals surface area contributed by atoms with Crippen LogP contribution in [0.3, 0.4) is 0 Å². The first-order chi connectivity index (χ1) is 12.9. The third kappa shape index (κ3) is 5.05. The van der Waals surface area contributed by atoms with E-state index < -0.39 is 12.0 Å². The van der Waals surface area contributed by atoms with Gasteiger partial charge in [0.25, 0.3) is 0 Å². The van der Waals surface area contributed by atoms with Crippen LogP contribution in [0.25, 0.3) is 6.08 Å². The summed E-state index contributed by atoms with van der Waals surface area (Å²) in [7, 11) is 1.51. The Morgan fingerprint density at radius 1 is 1.30 bits per heavy atom. The smallest absolute Gasteiger partial charge is 0.248 e. The van der Waals surface area contributed by atoms with Gasteiger partial charge in [-0.3, -0.25) is 9.59 Å². The van der Waals surface area contributed by atoms with E-state index in [-0.39, 0.29) is 30.6 Å². The van der Waals surface area contributed by atoms with E-state index >= 15 is 0 Å². The van der Waals surface area contributed by atoms with Gasteiger partial charge >= 0.3 is 0 Å². The predicted octanol–water partition coefficient (Wildman–Crippen LogP) is 3.75. The van der Waals surface area contributed by atoms with Crippen LogP contribution in [0, 0.1) is 5.92 Å². The maximum absolute atomic E-state index is 13.2. The molecule has 0 bridgehead atoms. The Labute approximate surface area is 157 Å². The Morgan fingerprint density at radius 3 is 2.67 bits per heavy atom. The van der Waals surface area contributed by atoms with E-state index in [0.717, 1.165) is 5.56 Å². The van der Waals surface area contributed by atoms with Gasteiger partial charge in [0.15, 0.2) is 0 Å². The summed E-state index contributed by atoms with van der Waals surface area (Å²) in [6.07, 6.45) is 5.48. The minimum Gasteiger partial charge on any atom is -0.495 e. The second-order valence-electron chi connectivity index (χ2n) is 7.16. The van der Waals surface area contributed by atoms with Crippen molar-refractivity contribution in [2.45, 2.75) is 50.5 Å². The average molecular weight is 378 g/mol.